The molecule has 2 aromatic heterocycles. The van der Waals surface area contributed by atoms with Gasteiger partial charge in [0.05, 0.1) is 25.3 Å². The molecule has 0 spiro atoms. The third-order valence-corrected chi connectivity index (χ3v) is 6.00. The molecule has 170 valence electrons. The first-order chi connectivity index (χ1) is 16.5. The standard InChI is InChI=1S/C27H23N3O4/c1-16-9-10-18(13-17(16)2)30-15-23(20-7-5-6-8-21(20)27(30)31)26-28-25(29-34-26)22-12-11-19(32-3)14-24(22)33-4/h5-15H,1-4H3. The minimum Gasteiger partial charge on any atom is -0.497 e. The van der Waals surface area contributed by atoms with Gasteiger partial charge in [0.2, 0.25) is 5.82 Å². The maximum atomic E-state index is 13.3. The zero-order valence-corrected chi connectivity index (χ0v) is 19.3. The quantitative estimate of drug-likeness (QED) is 0.357. The number of hydrogen-bond acceptors (Lipinski definition) is 6. The fraction of sp³-hybridized carbons (Fsp3) is 0.148. The van der Waals surface area contributed by atoms with Gasteiger partial charge in [-0.25, -0.2) is 0 Å². The third-order valence-electron chi connectivity index (χ3n) is 6.00. The van der Waals surface area contributed by atoms with Crippen LogP contribution in [0.1, 0.15) is 11.1 Å². The topological polar surface area (TPSA) is 79.4 Å². The second-order valence-electron chi connectivity index (χ2n) is 8.02. The second kappa shape index (κ2) is 8.51. The fourth-order valence-corrected chi connectivity index (χ4v) is 3.95. The summed E-state index contributed by atoms with van der Waals surface area (Å²) < 4.78 is 18.1. The van der Waals surface area contributed by atoms with E-state index < -0.39 is 0 Å². The summed E-state index contributed by atoms with van der Waals surface area (Å²) >= 11 is 0. The van der Waals surface area contributed by atoms with Gasteiger partial charge >= 0.3 is 0 Å². The Hall–Kier alpha value is -4.39. The molecule has 0 radical (unpaired) electrons. The van der Waals surface area contributed by atoms with Gasteiger partial charge in [-0.2, -0.15) is 4.98 Å². The van der Waals surface area contributed by atoms with Crippen LogP contribution in [0.5, 0.6) is 11.5 Å². The summed E-state index contributed by atoms with van der Waals surface area (Å²) in [5.41, 5.74) is 4.26. The molecular formula is C27H23N3O4. The lowest BCUT2D eigenvalue weighted by molar-refractivity contribution is 0.394. The van der Waals surface area contributed by atoms with Crippen molar-refractivity contribution in [2.24, 2.45) is 0 Å². The molecule has 0 unspecified atom stereocenters. The van der Waals surface area contributed by atoms with Crippen LogP contribution in [0.4, 0.5) is 0 Å². The Kier molecular flexibility index (Phi) is 5.37. The highest BCUT2D eigenvalue weighted by atomic mass is 16.5. The van der Waals surface area contributed by atoms with E-state index in [1.165, 1.54) is 0 Å². The summed E-state index contributed by atoms with van der Waals surface area (Å²) in [7, 11) is 3.17. The molecule has 0 N–H and O–H groups in total. The van der Waals surface area contributed by atoms with Crippen molar-refractivity contribution in [3.8, 4) is 40.0 Å². The first-order valence-electron chi connectivity index (χ1n) is 10.8. The summed E-state index contributed by atoms with van der Waals surface area (Å²) in [5.74, 6) is 1.91. The molecule has 0 saturated heterocycles. The van der Waals surface area contributed by atoms with E-state index in [2.05, 4.69) is 10.1 Å². The predicted octanol–water partition coefficient (Wildman–Crippen LogP) is 5.34. The van der Waals surface area contributed by atoms with Crippen molar-refractivity contribution in [3.63, 3.8) is 0 Å². The van der Waals surface area contributed by atoms with Gasteiger partial charge in [-0.1, -0.05) is 29.4 Å². The van der Waals surface area contributed by atoms with Crippen LogP contribution in [0.25, 0.3) is 39.3 Å². The van der Waals surface area contributed by atoms with Gasteiger partial charge in [-0.3, -0.25) is 9.36 Å². The highest BCUT2D eigenvalue weighted by Crippen LogP contribution is 2.34. The molecule has 5 rings (SSSR count). The number of methoxy groups -OCH3 is 2. The number of nitrogens with zero attached hydrogens (tertiary/aromatic N) is 3. The van der Waals surface area contributed by atoms with Crippen molar-refractivity contribution in [1.29, 1.82) is 0 Å². The van der Waals surface area contributed by atoms with Crippen molar-refractivity contribution in [1.82, 2.24) is 14.7 Å². The van der Waals surface area contributed by atoms with Crippen LogP contribution in [-0.4, -0.2) is 28.9 Å². The Labute approximate surface area is 196 Å². The molecule has 5 aromatic rings. The number of fused-ring (bicyclic) bond motifs is 1. The average molecular weight is 453 g/mol. The molecule has 2 heterocycles. The van der Waals surface area contributed by atoms with E-state index in [1.807, 2.05) is 68.4 Å². The van der Waals surface area contributed by atoms with E-state index >= 15 is 0 Å². The Balaban J connectivity index is 1.70. The molecule has 0 aliphatic rings. The van der Waals surface area contributed by atoms with Gasteiger partial charge in [-0.05, 0) is 55.3 Å². The van der Waals surface area contributed by atoms with Crippen LogP contribution in [0, 0.1) is 13.8 Å². The van der Waals surface area contributed by atoms with Gasteiger partial charge in [0.1, 0.15) is 11.5 Å². The highest BCUT2D eigenvalue weighted by Gasteiger charge is 2.19. The minimum absolute atomic E-state index is 0.112. The summed E-state index contributed by atoms with van der Waals surface area (Å²) in [6.07, 6.45) is 1.76. The van der Waals surface area contributed by atoms with Gasteiger partial charge in [0, 0.05) is 28.7 Å². The Morgan fingerprint density at radius 2 is 1.65 bits per heavy atom. The average Bonchev–Trinajstić information content (AvgIpc) is 3.35. The largest absolute Gasteiger partial charge is 0.497 e. The Morgan fingerprint density at radius 3 is 2.38 bits per heavy atom. The molecule has 0 fully saturated rings. The van der Waals surface area contributed by atoms with E-state index in [-0.39, 0.29) is 5.56 Å². The normalized spacial score (nSPS) is 11.1. The van der Waals surface area contributed by atoms with Crippen LogP contribution in [-0.2, 0) is 0 Å². The van der Waals surface area contributed by atoms with Crippen molar-refractivity contribution < 1.29 is 14.0 Å². The van der Waals surface area contributed by atoms with E-state index in [1.54, 1.807) is 31.0 Å². The molecule has 0 aliphatic heterocycles. The maximum absolute atomic E-state index is 13.3. The fourth-order valence-electron chi connectivity index (χ4n) is 3.95. The number of ether oxygens (including phenoxy) is 2. The van der Waals surface area contributed by atoms with Crippen LogP contribution in [0.15, 0.2) is 76.2 Å². The van der Waals surface area contributed by atoms with Crippen molar-refractivity contribution in [3.05, 3.63) is 88.3 Å². The third kappa shape index (κ3) is 3.61. The zero-order chi connectivity index (χ0) is 23.8. The molecule has 34 heavy (non-hydrogen) atoms. The minimum atomic E-state index is -0.112. The smallest absolute Gasteiger partial charge is 0.262 e. The SMILES string of the molecule is COc1ccc(-c2noc(-c3cn(-c4ccc(C)c(C)c4)c(=O)c4ccccc34)n2)c(OC)c1. The molecule has 0 saturated carbocycles. The zero-order valence-electron chi connectivity index (χ0n) is 19.3. The van der Waals surface area contributed by atoms with Crippen LogP contribution in [0.2, 0.25) is 0 Å². The van der Waals surface area contributed by atoms with Crippen LogP contribution < -0.4 is 15.0 Å². The molecule has 7 nitrogen and oxygen atoms in total. The van der Waals surface area contributed by atoms with Gasteiger partial charge in [0.15, 0.2) is 0 Å². The summed E-state index contributed by atoms with van der Waals surface area (Å²) in [6, 6.07) is 18.8. The van der Waals surface area contributed by atoms with E-state index in [0.717, 1.165) is 22.2 Å². The molecular weight excluding hydrogens is 430 g/mol. The van der Waals surface area contributed by atoms with Crippen LogP contribution in [0.3, 0.4) is 0 Å². The number of hydrogen-bond donors (Lipinski definition) is 0. The molecule has 3 aromatic carbocycles. The molecule has 7 heteroatoms. The van der Waals surface area contributed by atoms with Crippen LogP contribution >= 0.6 is 0 Å². The molecule has 0 amide bonds. The first kappa shape index (κ1) is 21.5. The van der Waals surface area contributed by atoms with Crippen molar-refractivity contribution >= 4 is 10.8 Å². The number of aryl methyl sites for hydroxylation is 2. The molecule has 0 bridgehead atoms. The highest BCUT2D eigenvalue weighted by molar-refractivity contribution is 5.94. The number of rotatable bonds is 5. The summed E-state index contributed by atoms with van der Waals surface area (Å²) in [4.78, 5) is 18.0. The first-order valence-corrected chi connectivity index (χ1v) is 10.8. The Morgan fingerprint density at radius 1 is 0.853 bits per heavy atom. The summed E-state index contributed by atoms with van der Waals surface area (Å²) in [6.45, 7) is 4.07. The van der Waals surface area contributed by atoms with E-state index in [0.29, 0.717) is 39.7 Å². The Bertz CT molecular complexity index is 1580. The number of benzene rings is 3. The molecule has 0 atom stereocenters. The second-order valence-corrected chi connectivity index (χ2v) is 8.02. The van der Waals surface area contributed by atoms with Crippen molar-refractivity contribution in [2.45, 2.75) is 13.8 Å². The van der Waals surface area contributed by atoms with Crippen molar-refractivity contribution in [2.75, 3.05) is 14.2 Å². The predicted molar refractivity (Wildman–Crippen MR) is 131 cm³/mol. The number of aromatic nitrogens is 3. The maximum Gasteiger partial charge on any atom is 0.262 e. The van der Waals surface area contributed by atoms with Gasteiger partial charge in [0.25, 0.3) is 11.4 Å². The molecule has 0 aliphatic carbocycles. The lowest BCUT2D eigenvalue weighted by Crippen LogP contribution is -2.18. The monoisotopic (exact) mass is 453 g/mol. The number of pyridine rings is 1. The van der Waals surface area contributed by atoms with E-state index in [4.69, 9.17) is 14.0 Å². The lowest BCUT2D eigenvalue weighted by Gasteiger charge is -2.12. The summed E-state index contributed by atoms with van der Waals surface area (Å²) in [5, 5.41) is 5.50. The lowest BCUT2D eigenvalue weighted by atomic mass is 10.1. The van der Waals surface area contributed by atoms with Gasteiger partial charge in [-0.15, -0.1) is 0 Å². The van der Waals surface area contributed by atoms with E-state index in [9.17, 15) is 4.79 Å². The van der Waals surface area contributed by atoms with Gasteiger partial charge < -0.3 is 14.0 Å².